The molecule has 15 heteroatoms. The van der Waals surface area contributed by atoms with E-state index in [0.717, 1.165) is 4.90 Å². The van der Waals surface area contributed by atoms with Gasteiger partial charge in [0, 0.05) is 58.5 Å². The van der Waals surface area contributed by atoms with Crippen LogP contribution in [0.3, 0.4) is 0 Å². The first-order valence-corrected chi connectivity index (χ1v) is 24.1. The smallest absolute Gasteiger partial charge is 0.329 e. The minimum atomic E-state index is -2.49. The number of aliphatic hydroxyl groups excluding tert-OH is 3. The topological polar surface area (TPSA) is 216 Å². The van der Waals surface area contributed by atoms with Gasteiger partial charge in [-0.3, -0.25) is 19.2 Å². The Morgan fingerprint density at radius 3 is 2.27 bits per heavy atom. The first-order chi connectivity index (χ1) is 31.3. The number of Topliss-reactive ketones (excluding diaryl/α,β-unsaturated/α-hetero) is 3. The van der Waals surface area contributed by atoms with Crippen LogP contribution in [0.4, 0.5) is 0 Å². The maximum atomic E-state index is 14.4. The minimum absolute atomic E-state index is 0.0305. The second kappa shape index (κ2) is 25.8. The Hall–Kier alpha value is -3.41. The molecule has 2 saturated heterocycles. The molecule has 4 aliphatic rings. The number of amides is 1. The van der Waals surface area contributed by atoms with E-state index in [9.17, 15) is 44.4 Å². The van der Waals surface area contributed by atoms with Gasteiger partial charge in [-0.15, -0.1) is 0 Å². The summed E-state index contributed by atoms with van der Waals surface area (Å²) in [5, 5.41) is 44.2. The fourth-order valence-corrected chi connectivity index (χ4v) is 10.2. The van der Waals surface area contributed by atoms with E-state index >= 15 is 0 Å². The minimum Gasteiger partial charge on any atom is -0.460 e. The van der Waals surface area contributed by atoms with E-state index in [2.05, 4.69) is 0 Å². The number of piperidine rings is 1. The van der Waals surface area contributed by atoms with Gasteiger partial charge in [-0.05, 0) is 100 Å². The number of nitrogens with zero attached hydrogens (tertiary/aromatic N) is 1. The quantitative estimate of drug-likeness (QED) is 0.148. The number of hydrogen-bond donors (Lipinski definition) is 4. The van der Waals surface area contributed by atoms with Crippen LogP contribution in [-0.4, -0.2) is 144 Å². The maximum Gasteiger partial charge on any atom is 0.329 e. The van der Waals surface area contributed by atoms with E-state index in [-0.39, 0.29) is 67.8 Å². The van der Waals surface area contributed by atoms with Crippen molar-refractivity contribution in [2.75, 3.05) is 34.5 Å². The monoisotopic (exact) mass is 930 g/mol. The molecule has 2 bridgehead atoms. The van der Waals surface area contributed by atoms with Crippen LogP contribution in [0.15, 0.2) is 47.6 Å². The molecule has 1 saturated carbocycles. The number of hydrogen-bond acceptors (Lipinski definition) is 14. The largest absolute Gasteiger partial charge is 0.460 e. The highest BCUT2D eigenvalue weighted by Gasteiger charge is 2.53. The molecule has 0 spiro atoms. The molecule has 1 amide bonds. The first-order valence-electron chi connectivity index (χ1n) is 24.1. The second-order valence-electron chi connectivity index (χ2n) is 19.6. The number of fused-ring (bicyclic) bond motifs is 3. The summed E-state index contributed by atoms with van der Waals surface area (Å²) in [6.07, 6.45) is 9.75. The van der Waals surface area contributed by atoms with Crippen LogP contribution >= 0.6 is 0 Å². The van der Waals surface area contributed by atoms with Crippen molar-refractivity contribution in [1.82, 2.24) is 4.90 Å². The molecule has 4 rings (SSSR count). The lowest BCUT2D eigenvalue weighted by Gasteiger charge is -2.42. The van der Waals surface area contributed by atoms with Crippen molar-refractivity contribution < 1.29 is 68.1 Å². The Labute approximate surface area is 392 Å². The van der Waals surface area contributed by atoms with Gasteiger partial charge in [-0.25, -0.2) is 4.79 Å². The lowest BCUT2D eigenvalue weighted by Crippen LogP contribution is -2.61. The number of allylic oxidation sites excluding steroid dienone is 6. The molecule has 372 valence electrons. The molecule has 1 aliphatic carbocycles. The Morgan fingerprint density at radius 1 is 0.879 bits per heavy atom. The Balaban J connectivity index is 1.71. The highest BCUT2D eigenvalue weighted by atomic mass is 16.6. The normalized spacial score (nSPS) is 38.7. The number of carbonyl (C=O) groups is 5. The van der Waals surface area contributed by atoms with Gasteiger partial charge in [0.05, 0.1) is 31.0 Å². The highest BCUT2D eigenvalue weighted by molar-refractivity contribution is 6.39. The molecule has 0 aromatic heterocycles. The number of aliphatic hydroxyl groups is 4. The number of ketones is 3. The first kappa shape index (κ1) is 55.2. The molecular weight excluding hydrogens is 851 g/mol. The number of carbonyl (C=O) groups excluding carboxylic acids is 5. The number of esters is 1. The van der Waals surface area contributed by atoms with Gasteiger partial charge in [-0.2, -0.15) is 0 Å². The molecule has 0 unspecified atom stereocenters. The third-order valence-corrected chi connectivity index (χ3v) is 14.5. The van der Waals surface area contributed by atoms with Gasteiger partial charge in [0.2, 0.25) is 5.79 Å². The van der Waals surface area contributed by atoms with Crippen molar-refractivity contribution >= 4 is 29.2 Å². The summed E-state index contributed by atoms with van der Waals surface area (Å²) in [6, 6.07) is -1.17. The van der Waals surface area contributed by atoms with Gasteiger partial charge in [-0.1, -0.05) is 71.1 Å². The molecule has 4 N–H and O–H groups in total. The fourth-order valence-electron chi connectivity index (χ4n) is 10.2. The molecule has 0 aromatic carbocycles. The standard InChI is InChI=1S/C51H79NO14/c1-30-15-11-10-12-16-37(29-53)43(62-7)27-38-20-18-35(6)51(61,66-38)48(58)49(59)52-22-14-13-17-39(52)50(60)65-42(32(3)25-36-19-21-40(54)44(26-36)63-8)28-41(55)31(2)24-34(5)46(57)47(64-9)45(56)33(4)23-30/h10-12,15-16,24,30-33,35-36,38-40,42-44,46-47,53-54,57,61H,13-14,17-23,25-29H2,1-9H3/b12-10?,15-11+,34-24+,37-16?/t30-,31-,32-,33-,35-,36+,38+,39+,40-,42+,43+,44-,46-,47+,51-/m1/s1. The van der Waals surface area contributed by atoms with Crippen molar-refractivity contribution in [1.29, 1.82) is 0 Å². The summed E-state index contributed by atoms with van der Waals surface area (Å²) >= 11 is 0. The van der Waals surface area contributed by atoms with Gasteiger partial charge < -0.3 is 49.0 Å². The van der Waals surface area contributed by atoms with E-state index in [1.807, 2.05) is 26.0 Å². The Morgan fingerprint density at radius 2 is 1.61 bits per heavy atom. The highest BCUT2D eigenvalue weighted by Crippen LogP contribution is 2.38. The molecule has 0 aromatic rings. The third-order valence-electron chi connectivity index (χ3n) is 14.5. The van der Waals surface area contributed by atoms with Gasteiger partial charge in [0.1, 0.15) is 30.1 Å². The molecular formula is C51H79NO14. The van der Waals surface area contributed by atoms with Crippen LogP contribution in [0.5, 0.6) is 0 Å². The summed E-state index contributed by atoms with van der Waals surface area (Å²) in [7, 11) is 4.41. The summed E-state index contributed by atoms with van der Waals surface area (Å²) in [6.45, 7) is 10.3. The van der Waals surface area contributed by atoms with Crippen LogP contribution in [0.2, 0.25) is 0 Å². The maximum absolute atomic E-state index is 14.4. The lowest BCUT2D eigenvalue weighted by molar-refractivity contribution is -0.265. The van der Waals surface area contributed by atoms with Crippen LogP contribution < -0.4 is 0 Å². The van der Waals surface area contributed by atoms with Crippen molar-refractivity contribution in [3.05, 3.63) is 47.6 Å². The lowest BCUT2D eigenvalue weighted by atomic mass is 9.78. The number of methoxy groups -OCH3 is 3. The van der Waals surface area contributed by atoms with Gasteiger partial charge >= 0.3 is 5.97 Å². The number of rotatable bonds is 7. The zero-order valence-corrected chi connectivity index (χ0v) is 40.8. The Kier molecular flexibility index (Phi) is 21.6. The number of ether oxygens (including phenoxy) is 5. The molecule has 0 radical (unpaired) electrons. The van der Waals surface area contributed by atoms with E-state index < -0.39 is 83.9 Å². The molecule has 15 nitrogen and oxygen atoms in total. The zero-order chi connectivity index (χ0) is 48.9. The molecule has 66 heavy (non-hydrogen) atoms. The second-order valence-corrected chi connectivity index (χ2v) is 19.6. The van der Waals surface area contributed by atoms with Crippen LogP contribution in [-0.2, 0) is 47.7 Å². The molecule has 15 atom stereocenters. The predicted octanol–water partition coefficient (Wildman–Crippen LogP) is 5.15. The van der Waals surface area contributed by atoms with Crippen molar-refractivity contribution in [2.45, 2.75) is 173 Å². The van der Waals surface area contributed by atoms with Gasteiger partial charge in [0.15, 0.2) is 5.78 Å². The number of cyclic esters (lactones) is 1. The molecule has 3 heterocycles. The summed E-state index contributed by atoms with van der Waals surface area (Å²) in [5.74, 6) is -8.34. The summed E-state index contributed by atoms with van der Waals surface area (Å²) < 4.78 is 29.2. The average Bonchev–Trinajstić information content (AvgIpc) is 3.30. The summed E-state index contributed by atoms with van der Waals surface area (Å²) in [5.41, 5.74) is 0.893. The zero-order valence-electron chi connectivity index (χ0n) is 40.8. The molecule has 3 aliphatic heterocycles. The SMILES string of the molecule is CO[C@H]1C[C@@H]2CC[C@@H](C)[C@@](O)(O2)C(=O)C(=O)N2CCCC[C@H]2C(=O)O[C@H]([C@H](C)C[C@@H]2CC[C@@H](O)[C@H](OC)C2)CC(=O)[C@H](C)/C=C(\C)[C@@H](O)[C@@H](OC)C(=O)[C@H](C)C[C@H](C)/C=C/C=CC=C1CO. The van der Waals surface area contributed by atoms with E-state index in [0.29, 0.717) is 68.9 Å². The summed E-state index contributed by atoms with van der Waals surface area (Å²) in [4.78, 5) is 71.8. The molecule has 3 fully saturated rings. The fraction of sp³-hybridized carbons (Fsp3) is 0.745. The average molecular weight is 930 g/mol. The van der Waals surface area contributed by atoms with Crippen LogP contribution in [0.1, 0.15) is 119 Å². The Bertz CT molecular complexity index is 1770. The van der Waals surface area contributed by atoms with Crippen LogP contribution in [0, 0.1) is 35.5 Å². The van der Waals surface area contributed by atoms with E-state index in [4.69, 9.17) is 23.7 Å². The van der Waals surface area contributed by atoms with Crippen LogP contribution in [0.25, 0.3) is 0 Å². The van der Waals surface area contributed by atoms with Crippen molar-refractivity contribution in [2.24, 2.45) is 35.5 Å². The van der Waals surface area contributed by atoms with Crippen molar-refractivity contribution in [3.63, 3.8) is 0 Å². The van der Waals surface area contributed by atoms with E-state index in [1.54, 1.807) is 59.1 Å². The van der Waals surface area contributed by atoms with Crippen molar-refractivity contribution in [3.8, 4) is 0 Å². The van der Waals surface area contributed by atoms with Gasteiger partial charge in [0.25, 0.3) is 11.7 Å². The van der Waals surface area contributed by atoms with E-state index in [1.165, 1.54) is 14.2 Å². The predicted molar refractivity (Wildman–Crippen MR) is 247 cm³/mol. The third kappa shape index (κ3) is 14.3.